The van der Waals surface area contributed by atoms with E-state index in [9.17, 15) is 23.1 Å². The number of imidazole rings is 1. The number of halogens is 5. The second kappa shape index (κ2) is 5.78. The summed E-state index contributed by atoms with van der Waals surface area (Å²) >= 11 is 6.24. The van der Waals surface area contributed by atoms with Crippen LogP contribution in [0.4, 0.5) is 13.2 Å². The molecule has 0 radical (unpaired) electrons. The molecule has 10 heteroatoms. The Morgan fingerprint density at radius 3 is 2.50 bits per heavy atom. The van der Waals surface area contributed by atoms with Gasteiger partial charge in [-0.1, -0.05) is 0 Å². The summed E-state index contributed by atoms with van der Waals surface area (Å²) in [5, 5.41) is 9.79. The number of phenols is 1. The molecule has 134 valence electrons. The molecule has 3 aromatic rings. The molecule has 26 heavy (non-hydrogen) atoms. The Morgan fingerprint density at radius 2 is 1.92 bits per heavy atom. The first kappa shape index (κ1) is 17.5. The van der Waals surface area contributed by atoms with Crippen LogP contribution in [0, 0.1) is 5.82 Å². The minimum atomic E-state index is -2.96. The number of carbonyl (C=O) groups is 1. The standard InChI is InChI=1S/C16H8Br2F3N3O2/c17-9-1-6(2-10(18)14(9)26)13(25)12-11(8-3-16(8,20)21)23-15-22-4-7(19)5-24(12)15/h1-2,4-5,8,26H,3H2/t8-/m1/s1. The fourth-order valence-electron chi connectivity index (χ4n) is 2.74. The van der Waals surface area contributed by atoms with E-state index in [-0.39, 0.29) is 37.4 Å². The summed E-state index contributed by atoms with van der Waals surface area (Å²) in [6, 6.07) is 2.70. The maximum Gasteiger partial charge on any atom is 0.257 e. The fourth-order valence-corrected chi connectivity index (χ4v) is 3.93. The molecule has 1 atom stereocenters. The van der Waals surface area contributed by atoms with E-state index in [1.807, 2.05) is 0 Å². The quantitative estimate of drug-likeness (QED) is 0.551. The molecule has 0 saturated heterocycles. The van der Waals surface area contributed by atoms with E-state index in [1.54, 1.807) is 0 Å². The van der Waals surface area contributed by atoms with Crippen molar-refractivity contribution in [2.45, 2.75) is 18.3 Å². The highest BCUT2D eigenvalue weighted by atomic mass is 79.9. The number of aromatic nitrogens is 3. The summed E-state index contributed by atoms with van der Waals surface area (Å²) in [5.41, 5.74) is -0.171. The molecule has 1 aliphatic carbocycles. The summed E-state index contributed by atoms with van der Waals surface area (Å²) in [6.07, 6.45) is 1.46. The lowest BCUT2D eigenvalue weighted by atomic mass is 10.0. The summed E-state index contributed by atoms with van der Waals surface area (Å²) < 4.78 is 42.4. The summed E-state index contributed by atoms with van der Waals surface area (Å²) in [4.78, 5) is 20.8. The molecule has 1 aliphatic rings. The first-order valence-electron chi connectivity index (χ1n) is 7.33. The third-order valence-electron chi connectivity index (χ3n) is 4.13. The van der Waals surface area contributed by atoms with Crippen LogP contribution < -0.4 is 0 Å². The molecule has 2 heterocycles. The molecule has 1 N–H and O–H groups in total. The lowest BCUT2D eigenvalue weighted by molar-refractivity contribution is 0.102. The molecular weight excluding hydrogens is 483 g/mol. The molecule has 5 nitrogen and oxygen atoms in total. The van der Waals surface area contributed by atoms with Crippen molar-refractivity contribution in [3.63, 3.8) is 0 Å². The zero-order chi connectivity index (χ0) is 18.8. The van der Waals surface area contributed by atoms with Crippen molar-refractivity contribution in [2.75, 3.05) is 0 Å². The van der Waals surface area contributed by atoms with E-state index < -0.39 is 29.9 Å². The van der Waals surface area contributed by atoms with Crippen molar-refractivity contribution < 1.29 is 23.1 Å². The molecule has 1 aromatic carbocycles. The van der Waals surface area contributed by atoms with Crippen LogP contribution in [0.25, 0.3) is 5.78 Å². The van der Waals surface area contributed by atoms with Gasteiger partial charge in [-0.2, -0.15) is 0 Å². The zero-order valence-electron chi connectivity index (χ0n) is 12.7. The molecule has 0 bridgehead atoms. The maximum atomic E-state index is 13.6. The number of hydrogen-bond acceptors (Lipinski definition) is 4. The minimum absolute atomic E-state index is 0.0376. The number of nitrogens with zero attached hydrogens (tertiary/aromatic N) is 3. The van der Waals surface area contributed by atoms with E-state index in [4.69, 9.17) is 0 Å². The van der Waals surface area contributed by atoms with Gasteiger partial charge >= 0.3 is 0 Å². The first-order chi connectivity index (χ1) is 12.2. The third kappa shape index (κ3) is 2.71. The Labute approximate surface area is 161 Å². The lowest BCUT2D eigenvalue weighted by Gasteiger charge is -2.07. The lowest BCUT2D eigenvalue weighted by Crippen LogP contribution is -2.10. The van der Waals surface area contributed by atoms with Gasteiger partial charge in [0.1, 0.15) is 11.4 Å². The van der Waals surface area contributed by atoms with Crippen molar-refractivity contribution in [3.8, 4) is 5.75 Å². The molecule has 0 aliphatic heterocycles. The second-order valence-corrected chi connectivity index (χ2v) is 7.63. The number of rotatable bonds is 3. The van der Waals surface area contributed by atoms with E-state index in [0.717, 1.165) is 16.8 Å². The van der Waals surface area contributed by atoms with Crippen LogP contribution >= 0.6 is 31.9 Å². The Bertz CT molecular complexity index is 1060. The number of aromatic hydroxyl groups is 1. The molecular formula is C16H8Br2F3N3O2. The van der Waals surface area contributed by atoms with Crippen LogP contribution in [0.1, 0.15) is 34.1 Å². The molecule has 1 saturated carbocycles. The Balaban J connectivity index is 1.93. The molecule has 0 spiro atoms. The van der Waals surface area contributed by atoms with Gasteiger partial charge in [0.2, 0.25) is 11.6 Å². The number of hydrogen-bond donors (Lipinski definition) is 1. The third-order valence-corrected chi connectivity index (χ3v) is 5.33. The van der Waals surface area contributed by atoms with E-state index in [0.29, 0.717) is 0 Å². The maximum absolute atomic E-state index is 13.6. The van der Waals surface area contributed by atoms with Gasteiger partial charge in [0.05, 0.1) is 33.0 Å². The number of alkyl halides is 2. The molecule has 4 rings (SSSR count). The SMILES string of the molecule is O=C(c1cc(Br)c(O)c(Br)c1)c1c([C@H]2CC2(F)F)nc2ncc(F)cn12. The van der Waals surface area contributed by atoms with Gasteiger partial charge in [-0.25, -0.2) is 23.1 Å². The smallest absolute Gasteiger partial charge is 0.257 e. The summed E-state index contributed by atoms with van der Waals surface area (Å²) in [7, 11) is 0. The van der Waals surface area contributed by atoms with Crippen LogP contribution in [0.3, 0.4) is 0 Å². The van der Waals surface area contributed by atoms with Crippen molar-refractivity contribution in [2.24, 2.45) is 0 Å². The van der Waals surface area contributed by atoms with Gasteiger partial charge in [-0.05, 0) is 44.0 Å². The Morgan fingerprint density at radius 1 is 1.31 bits per heavy atom. The number of phenolic OH excluding ortho intramolecular Hbond substituents is 1. The van der Waals surface area contributed by atoms with Crippen molar-refractivity contribution in [1.82, 2.24) is 14.4 Å². The minimum Gasteiger partial charge on any atom is -0.506 e. The number of benzene rings is 1. The van der Waals surface area contributed by atoms with Gasteiger partial charge in [0.25, 0.3) is 5.92 Å². The number of carbonyl (C=O) groups excluding carboxylic acids is 1. The molecule has 2 aromatic heterocycles. The molecule has 0 unspecified atom stereocenters. The number of fused-ring (bicyclic) bond motifs is 1. The largest absolute Gasteiger partial charge is 0.506 e. The van der Waals surface area contributed by atoms with Gasteiger partial charge in [0.15, 0.2) is 5.82 Å². The summed E-state index contributed by atoms with van der Waals surface area (Å²) in [6.45, 7) is 0. The second-order valence-electron chi connectivity index (χ2n) is 5.92. The number of ketones is 1. The van der Waals surface area contributed by atoms with Gasteiger partial charge in [-0.15, -0.1) is 0 Å². The van der Waals surface area contributed by atoms with E-state index in [1.165, 1.54) is 12.1 Å². The van der Waals surface area contributed by atoms with Crippen molar-refractivity contribution in [3.05, 3.63) is 56.2 Å². The van der Waals surface area contributed by atoms with Gasteiger partial charge < -0.3 is 5.11 Å². The highest BCUT2D eigenvalue weighted by molar-refractivity contribution is 9.11. The molecule has 0 amide bonds. The predicted molar refractivity (Wildman–Crippen MR) is 92.2 cm³/mol. The normalized spacial score (nSPS) is 18.3. The zero-order valence-corrected chi connectivity index (χ0v) is 15.9. The highest BCUT2D eigenvalue weighted by Crippen LogP contribution is 2.56. The van der Waals surface area contributed by atoms with E-state index in [2.05, 4.69) is 41.8 Å². The van der Waals surface area contributed by atoms with Gasteiger partial charge in [0, 0.05) is 12.0 Å². The van der Waals surface area contributed by atoms with Crippen LogP contribution in [-0.2, 0) is 0 Å². The van der Waals surface area contributed by atoms with E-state index >= 15 is 0 Å². The van der Waals surface area contributed by atoms with Crippen LogP contribution in [0.15, 0.2) is 33.5 Å². The van der Waals surface area contributed by atoms with Crippen molar-refractivity contribution in [1.29, 1.82) is 0 Å². The topological polar surface area (TPSA) is 67.5 Å². The monoisotopic (exact) mass is 489 g/mol. The average molecular weight is 491 g/mol. The van der Waals surface area contributed by atoms with Crippen molar-refractivity contribution >= 4 is 43.4 Å². The van der Waals surface area contributed by atoms with Crippen LogP contribution in [-0.4, -0.2) is 31.2 Å². The fraction of sp³-hybridized carbons (Fsp3) is 0.188. The Kier molecular flexibility index (Phi) is 3.88. The Hall–Kier alpha value is -1.94. The van der Waals surface area contributed by atoms with Crippen LogP contribution in [0.5, 0.6) is 5.75 Å². The van der Waals surface area contributed by atoms with Gasteiger partial charge in [-0.3, -0.25) is 9.20 Å². The average Bonchev–Trinajstić information content (AvgIpc) is 3.05. The molecule has 1 fully saturated rings. The highest BCUT2D eigenvalue weighted by Gasteiger charge is 2.60. The van der Waals surface area contributed by atoms with Crippen LogP contribution in [0.2, 0.25) is 0 Å². The summed E-state index contributed by atoms with van der Waals surface area (Å²) in [5.74, 6) is -5.68. The predicted octanol–water partition coefficient (Wildman–Crippen LogP) is 4.45. The first-order valence-corrected chi connectivity index (χ1v) is 8.91.